The number of fused-ring (bicyclic) bond motifs is 1. The lowest BCUT2D eigenvalue weighted by atomic mass is 9.77. The second-order valence-corrected chi connectivity index (χ2v) is 8.04. The highest BCUT2D eigenvalue weighted by atomic mass is 32.1. The number of nitrogens with one attached hydrogen (secondary N) is 1. The normalized spacial score (nSPS) is 29.1. The Kier molecular flexibility index (Phi) is 5.92. The van der Waals surface area contributed by atoms with E-state index in [9.17, 15) is 15.0 Å². The largest absolute Gasteiger partial charge is 0.390 e. The average molecular weight is 405 g/mol. The van der Waals surface area contributed by atoms with Crippen molar-refractivity contribution in [1.82, 2.24) is 10.2 Å². The summed E-state index contributed by atoms with van der Waals surface area (Å²) in [7, 11) is 5.65. The molecule has 0 unspecified atom stereocenters. The summed E-state index contributed by atoms with van der Waals surface area (Å²) in [4.78, 5) is 18.6. The Morgan fingerprint density at radius 1 is 1.32 bits per heavy atom. The molecule has 152 valence electrons. The molecule has 28 heavy (non-hydrogen) atoms. The number of anilines is 2. The highest BCUT2D eigenvalue weighted by Gasteiger charge is 2.54. The van der Waals surface area contributed by atoms with E-state index in [-0.39, 0.29) is 18.4 Å². The van der Waals surface area contributed by atoms with Crippen molar-refractivity contribution >= 4 is 34.6 Å². The van der Waals surface area contributed by atoms with Crippen LogP contribution in [0.15, 0.2) is 36.9 Å². The van der Waals surface area contributed by atoms with Crippen molar-refractivity contribution in [2.45, 2.75) is 30.7 Å². The van der Waals surface area contributed by atoms with Crippen molar-refractivity contribution in [1.29, 1.82) is 0 Å². The molecular weight excluding hydrogens is 376 g/mol. The summed E-state index contributed by atoms with van der Waals surface area (Å²) in [5.41, 5.74) is 1.90. The molecule has 0 aromatic heterocycles. The maximum absolute atomic E-state index is 13.1. The Labute approximate surface area is 171 Å². The molecular formula is C20H28N4O3S. The van der Waals surface area contributed by atoms with Crippen molar-refractivity contribution < 1.29 is 15.0 Å². The summed E-state index contributed by atoms with van der Waals surface area (Å²) < 4.78 is 0. The number of aliphatic hydroxyl groups excluding tert-OH is 2. The first-order chi connectivity index (χ1) is 13.3. The average Bonchev–Trinajstić information content (AvgIpc) is 3.01. The molecule has 2 fully saturated rings. The maximum atomic E-state index is 13.1. The molecule has 2 aliphatic rings. The van der Waals surface area contributed by atoms with Crippen LogP contribution in [0.1, 0.15) is 6.42 Å². The number of likely N-dealkylation sites (N-methyl/N-ethyl adjacent to an activating group) is 1. The van der Waals surface area contributed by atoms with Crippen LogP contribution in [-0.2, 0) is 4.79 Å². The van der Waals surface area contributed by atoms with Gasteiger partial charge in [0.25, 0.3) is 0 Å². The number of amides is 1. The van der Waals surface area contributed by atoms with Crippen molar-refractivity contribution in [3.8, 4) is 0 Å². The predicted octanol–water partition coefficient (Wildman–Crippen LogP) is 0.570. The van der Waals surface area contributed by atoms with E-state index in [1.165, 1.54) is 0 Å². The Bertz CT molecular complexity index is 754. The lowest BCUT2D eigenvalue weighted by Gasteiger charge is -2.42. The third-order valence-corrected chi connectivity index (χ3v) is 5.90. The fourth-order valence-electron chi connectivity index (χ4n) is 4.10. The zero-order valence-electron chi connectivity index (χ0n) is 16.4. The van der Waals surface area contributed by atoms with Gasteiger partial charge in [0.05, 0.1) is 24.1 Å². The van der Waals surface area contributed by atoms with Gasteiger partial charge < -0.3 is 30.2 Å². The Morgan fingerprint density at radius 3 is 2.54 bits per heavy atom. The lowest BCUT2D eigenvalue weighted by molar-refractivity contribution is -0.139. The first-order valence-corrected chi connectivity index (χ1v) is 9.76. The topological polar surface area (TPSA) is 79.3 Å². The summed E-state index contributed by atoms with van der Waals surface area (Å²) in [5.74, 6) is -0.600. The van der Waals surface area contributed by atoms with Crippen LogP contribution in [0.4, 0.5) is 11.4 Å². The van der Waals surface area contributed by atoms with Crippen LogP contribution >= 0.6 is 12.2 Å². The van der Waals surface area contributed by atoms with Crippen LogP contribution in [-0.4, -0.2) is 78.1 Å². The van der Waals surface area contributed by atoms with Gasteiger partial charge >= 0.3 is 0 Å². The van der Waals surface area contributed by atoms with Gasteiger partial charge in [-0.2, -0.15) is 0 Å². The summed E-state index contributed by atoms with van der Waals surface area (Å²) in [5, 5.41) is 24.5. The van der Waals surface area contributed by atoms with E-state index in [4.69, 9.17) is 12.2 Å². The molecule has 7 nitrogen and oxygen atoms in total. The third-order valence-electron chi connectivity index (χ3n) is 5.59. The monoisotopic (exact) mass is 404 g/mol. The highest BCUT2D eigenvalue weighted by molar-refractivity contribution is 7.80. The fourth-order valence-corrected chi connectivity index (χ4v) is 4.47. The highest BCUT2D eigenvalue weighted by Crippen LogP contribution is 2.37. The van der Waals surface area contributed by atoms with Gasteiger partial charge in [-0.05, 0) is 42.9 Å². The molecule has 1 aliphatic heterocycles. The minimum atomic E-state index is -0.997. The van der Waals surface area contributed by atoms with Gasteiger partial charge in [-0.1, -0.05) is 6.08 Å². The second-order valence-electron chi connectivity index (χ2n) is 7.65. The third kappa shape index (κ3) is 3.59. The number of nitrogens with zero attached hydrogens (tertiary/aromatic N) is 3. The Hall–Kier alpha value is -2.16. The number of carbonyl (C=O) groups is 1. The molecule has 0 spiro atoms. The summed E-state index contributed by atoms with van der Waals surface area (Å²) >= 11 is 5.54. The van der Waals surface area contributed by atoms with Crippen molar-refractivity contribution in [3.05, 3.63) is 36.9 Å². The van der Waals surface area contributed by atoms with Crippen LogP contribution in [0.3, 0.4) is 0 Å². The van der Waals surface area contributed by atoms with Crippen LogP contribution in [0.25, 0.3) is 0 Å². The number of rotatable bonds is 5. The molecule has 1 saturated heterocycles. The number of hydrogen-bond acceptors (Lipinski definition) is 5. The van der Waals surface area contributed by atoms with E-state index >= 15 is 0 Å². The predicted molar refractivity (Wildman–Crippen MR) is 115 cm³/mol. The summed E-state index contributed by atoms with van der Waals surface area (Å²) in [6, 6.07) is 6.99. The zero-order chi connectivity index (χ0) is 20.6. The SMILES string of the molecule is C=CCN(C)C(=O)[C@@H]1C[C@@H](O)[C@H](O)[C@@H]2NC(=S)N(c3ccc(N(C)C)cc3)[C@@H]21. The molecule has 1 heterocycles. The van der Waals surface area contributed by atoms with Gasteiger partial charge in [-0.15, -0.1) is 6.58 Å². The first-order valence-electron chi connectivity index (χ1n) is 9.35. The van der Waals surface area contributed by atoms with Crippen molar-refractivity contribution in [3.63, 3.8) is 0 Å². The maximum Gasteiger partial charge on any atom is 0.227 e. The molecule has 5 atom stereocenters. The number of thiocarbonyl (C=S) groups is 1. The van der Waals surface area contributed by atoms with Crippen molar-refractivity contribution in [2.75, 3.05) is 37.5 Å². The molecule has 3 rings (SSSR count). The molecule has 1 amide bonds. The van der Waals surface area contributed by atoms with Crippen LogP contribution in [0, 0.1) is 5.92 Å². The zero-order valence-corrected chi connectivity index (χ0v) is 17.3. The molecule has 0 radical (unpaired) electrons. The van der Waals surface area contributed by atoms with Gasteiger partial charge in [-0.3, -0.25) is 4.79 Å². The van der Waals surface area contributed by atoms with Gasteiger partial charge in [0.2, 0.25) is 5.91 Å². The van der Waals surface area contributed by atoms with E-state index in [0.717, 1.165) is 11.4 Å². The molecule has 0 bridgehead atoms. The molecule has 1 aromatic carbocycles. The minimum absolute atomic E-state index is 0.0951. The minimum Gasteiger partial charge on any atom is -0.390 e. The molecule has 8 heteroatoms. The Balaban J connectivity index is 1.97. The number of carbonyl (C=O) groups excluding carboxylic acids is 1. The lowest BCUT2D eigenvalue weighted by Crippen LogP contribution is -2.61. The quantitative estimate of drug-likeness (QED) is 0.489. The fraction of sp³-hybridized carbons (Fsp3) is 0.500. The molecule has 1 aliphatic carbocycles. The van der Waals surface area contributed by atoms with E-state index in [0.29, 0.717) is 11.7 Å². The van der Waals surface area contributed by atoms with E-state index in [1.54, 1.807) is 18.0 Å². The van der Waals surface area contributed by atoms with Crippen LogP contribution in [0.2, 0.25) is 0 Å². The van der Waals surface area contributed by atoms with Gasteiger partial charge in [0.1, 0.15) is 6.10 Å². The van der Waals surface area contributed by atoms with Crippen LogP contribution in [0.5, 0.6) is 0 Å². The van der Waals surface area contributed by atoms with Gasteiger partial charge in [-0.25, -0.2) is 0 Å². The molecule has 1 saturated carbocycles. The van der Waals surface area contributed by atoms with E-state index in [1.807, 2.05) is 48.2 Å². The van der Waals surface area contributed by atoms with E-state index in [2.05, 4.69) is 11.9 Å². The number of hydrogen-bond donors (Lipinski definition) is 3. The van der Waals surface area contributed by atoms with E-state index < -0.39 is 24.2 Å². The van der Waals surface area contributed by atoms with Gasteiger partial charge in [0.15, 0.2) is 5.11 Å². The standard InChI is InChI=1S/C20H28N4O3S/c1-5-10-23(4)19(27)14-11-15(25)18(26)16-17(14)24(20(28)21-16)13-8-6-12(7-9-13)22(2)3/h5-9,14-18,25-26H,1,10-11H2,2-4H3,(H,21,28)/t14-,15-,16-,17-,18+/m1/s1. The molecule has 3 N–H and O–H groups in total. The second kappa shape index (κ2) is 8.06. The van der Waals surface area contributed by atoms with Gasteiger partial charge in [0, 0.05) is 39.1 Å². The first kappa shape index (κ1) is 20.6. The van der Waals surface area contributed by atoms with Crippen molar-refractivity contribution in [2.24, 2.45) is 5.92 Å². The Morgan fingerprint density at radius 2 is 1.96 bits per heavy atom. The number of aliphatic hydroxyl groups is 2. The summed E-state index contributed by atoms with van der Waals surface area (Å²) in [6.45, 7) is 4.11. The molecule has 1 aromatic rings. The summed E-state index contributed by atoms with van der Waals surface area (Å²) in [6.07, 6.45) is -0.140. The van der Waals surface area contributed by atoms with Crippen LogP contribution < -0.4 is 15.1 Å². The smallest absolute Gasteiger partial charge is 0.227 e. The number of benzene rings is 1.